The Morgan fingerprint density at radius 3 is 2.60 bits per heavy atom. The lowest BCUT2D eigenvalue weighted by Crippen LogP contribution is -2.04. The Hall–Kier alpha value is -1.81. The maximum atomic E-state index is 6.07. The average molecular weight is 292 g/mol. The quantitative estimate of drug-likeness (QED) is 0.926. The van der Waals surface area contributed by atoms with Gasteiger partial charge in [-0.05, 0) is 18.1 Å². The van der Waals surface area contributed by atoms with E-state index in [1.165, 1.54) is 0 Å². The van der Waals surface area contributed by atoms with E-state index in [9.17, 15) is 0 Å². The molecule has 0 aliphatic heterocycles. The summed E-state index contributed by atoms with van der Waals surface area (Å²) in [5, 5.41) is 3.71. The molecule has 5 heteroatoms. The monoisotopic (exact) mass is 291 g/mol. The molecule has 0 unspecified atom stereocenters. The largest absolute Gasteiger partial charge is 0.495 e. The molecule has 20 heavy (non-hydrogen) atoms. The molecule has 0 spiro atoms. The molecule has 0 bridgehead atoms. The van der Waals surface area contributed by atoms with E-state index < -0.39 is 0 Å². The van der Waals surface area contributed by atoms with Crippen molar-refractivity contribution in [2.45, 2.75) is 19.8 Å². The van der Waals surface area contributed by atoms with Crippen molar-refractivity contribution >= 4 is 17.4 Å². The molecule has 0 saturated heterocycles. The third kappa shape index (κ3) is 2.70. The molecule has 2 aromatic rings. The second-order valence-electron chi connectivity index (χ2n) is 4.74. The smallest absolute Gasteiger partial charge is 0.138 e. The number of nitrogens with one attached hydrogen (secondary N) is 1. The second-order valence-corrected chi connectivity index (χ2v) is 5.15. The van der Waals surface area contributed by atoms with E-state index >= 15 is 0 Å². The van der Waals surface area contributed by atoms with Crippen molar-refractivity contribution in [2.24, 2.45) is 0 Å². The lowest BCUT2D eigenvalue weighted by molar-refractivity contribution is 0.415. The predicted octanol–water partition coefficient (Wildman–Crippen LogP) is 3.97. The molecule has 1 aromatic heterocycles. The van der Waals surface area contributed by atoms with Crippen LogP contribution in [0.3, 0.4) is 0 Å². The Balaban J connectivity index is 2.63. The molecule has 106 valence electrons. The van der Waals surface area contributed by atoms with Gasteiger partial charge < -0.3 is 10.1 Å². The van der Waals surface area contributed by atoms with Crippen LogP contribution in [-0.4, -0.2) is 24.1 Å². The Labute approximate surface area is 124 Å². The first-order valence-electron chi connectivity index (χ1n) is 6.45. The topological polar surface area (TPSA) is 47.0 Å². The molecule has 0 fully saturated rings. The van der Waals surface area contributed by atoms with Crippen LogP contribution in [-0.2, 0) is 0 Å². The van der Waals surface area contributed by atoms with E-state index in [0.717, 1.165) is 22.6 Å². The van der Waals surface area contributed by atoms with Crippen LogP contribution in [0.5, 0.6) is 5.75 Å². The normalized spacial score (nSPS) is 10.7. The van der Waals surface area contributed by atoms with Crippen molar-refractivity contribution < 1.29 is 4.74 Å². The van der Waals surface area contributed by atoms with Gasteiger partial charge in [-0.25, -0.2) is 9.97 Å². The molecule has 0 amide bonds. The highest BCUT2D eigenvalue weighted by atomic mass is 35.5. The molecule has 0 radical (unpaired) electrons. The standard InChI is InChI=1S/C15H18ClN3O/c1-9(2)13-14(18-8-19-15(13)17-3)10-5-6-11(16)12(7-10)20-4/h5-9H,1-4H3,(H,17,18,19). The van der Waals surface area contributed by atoms with Gasteiger partial charge in [0.15, 0.2) is 0 Å². The van der Waals surface area contributed by atoms with Crippen LogP contribution in [0.2, 0.25) is 5.02 Å². The first kappa shape index (κ1) is 14.6. The van der Waals surface area contributed by atoms with E-state index in [2.05, 4.69) is 29.1 Å². The average Bonchev–Trinajstić information content (AvgIpc) is 2.46. The number of hydrogen-bond donors (Lipinski definition) is 1. The lowest BCUT2D eigenvalue weighted by Gasteiger charge is -2.16. The van der Waals surface area contributed by atoms with E-state index in [1.807, 2.05) is 25.2 Å². The minimum absolute atomic E-state index is 0.301. The minimum Gasteiger partial charge on any atom is -0.495 e. The van der Waals surface area contributed by atoms with Crippen molar-refractivity contribution in [2.75, 3.05) is 19.5 Å². The first-order valence-corrected chi connectivity index (χ1v) is 6.82. The highest BCUT2D eigenvalue weighted by Crippen LogP contribution is 2.35. The number of ether oxygens (including phenoxy) is 1. The summed E-state index contributed by atoms with van der Waals surface area (Å²) in [6.07, 6.45) is 1.56. The van der Waals surface area contributed by atoms with Gasteiger partial charge in [0.1, 0.15) is 17.9 Å². The summed E-state index contributed by atoms with van der Waals surface area (Å²) in [6.45, 7) is 4.24. The highest BCUT2D eigenvalue weighted by molar-refractivity contribution is 6.32. The van der Waals surface area contributed by atoms with Crippen molar-refractivity contribution in [1.82, 2.24) is 9.97 Å². The van der Waals surface area contributed by atoms with E-state index in [1.54, 1.807) is 13.4 Å². The minimum atomic E-state index is 0.301. The van der Waals surface area contributed by atoms with Crippen LogP contribution in [0.15, 0.2) is 24.5 Å². The predicted molar refractivity (Wildman–Crippen MR) is 82.7 cm³/mol. The van der Waals surface area contributed by atoms with Crippen LogP contribution in [0.25, 0.3) is 11.3 Å². The van der Waals surface area contributed by atoms with Crippen LogP contribution >= 0.6 is 11.6 Å². The van der Waals surface area contributed by atoms with Crippen LogP contribution < -0.4 is 10.1 Å². The summed E-state index contributed by atoms with van der Waals surface area (Å²) in [7, 11) is 3.47. The zero-order valence-corrected chi connectivity index (χ0v) is 12.8. The van der Waals surface area contributed by atoms with Gasteiger partial charge in [0.25, 0.3) is 0 Å². The van der Waals surface area contributed by atoms with Gasteiger partial charge in [-0.2, -0.15) is 0 Å². The maximum absolute atomic E-state index is 6.07. The number of aromatic nitrogens is 2. The van der Waals surface area contributed by atoms with Crippen LogP contribution in [0.1, 0.15) is 25.3 Å². The van der Waals surface area contributed by atoms with E-state index in [0.29, 0.717) is 16.7 Å². The number of rotatable bonds is 4. The highest BCUT2D eigenvalue weighted by Gasteiger charge is 2.16. The Kier molecular flexibility index (Phi) is 4.45. The van der Waals surface area contributed by atoms with Crippen LogP contribution in [0.4, 0.5) is 5.82 Å². The molecule has 0 saturated carbocycles. The zero-order valence-electron chi connectivity index (χ0n) is 12.1. The number of methoxy groups -OCH3 is 1. The molecular formula is C15H18ClN3O. The van der Waals surface area contributed by atoms with Crippen molar-refractivity contribution in [3.8, 4) is 17.0 Å². The third-order valence-electron chi connectivity index (χ3n) is 3.12. The van der Waals surface area contributed by atoms with Crippen molar-refractivity contribution in [3.05, 3.63) is 35.1 Å². The van der Waals surface area contributed by atoms with Gasteiger partial charge in [-0.1, -0.05) is 31.5 Å². The summed E-state index contributed by atoms with van der Waals surface area (Å²) in [5.74, 6) is 1.79. The molecule has 1 aromatic carbocycles. The summed E-state index contributed by atoms with van der Waals surface area (Å²) < 4.78 is 5.27. The fraction of sp³-hybridized carbons (Fsp3) is 0.333. The van der Waals surface area contributed by atoms with Crippen molar-refractivity contribution in [3.63, 3.8) is 0 Å². The molecule has 0 aliphatic carbocycles. The Morgan fingerprint density at radius 1 is 1.25 bits per heavy atom. The fourth-order valence-corrected chi connectivity index (χ4v) is 2.37. The van der Waals surface area contributed by atoms with E-state index in [4.69, 9.17) is 16.3 Å². The SMILES string of the molecule is CNc1ncnc(-c2ccc(Cl)c(OC)c2)c1C(C)C. The third-order valence-corrected chi connectivity index (χ3v) is 3.43. The summed E-state index contributed by atoms with van der Waals surface area (Å²) in [5.41, 5.74) is 2.95. The molecule has 1 heterocycles. The van der Waals surface area contributed by atoms with Gasteiger partial charge in [-0.15, -0.1) is 0 Å². The van der Waals surface area contributed by atoms with Gasteiger partial charge in [-0.3, -0.25) is 0 Å². The number of anilines is 1. The van der Waals surface area contributed by atoms with Gasteiger partial charge in [0, 0.05) is 18.2 Å². The van der Waals surface area contributed by atoms with Gasteiger partial charge in [0.2, 0.25) is 0 Å². The van der Waals surface area contributed by atoms with Crippen molar-refractivity contribution in [1.29, 1.82) is 0 Å². The number of halogens is 1. The summed E-state index contributed by atoms with van der Waals surface area (Å²) >= 11 is 6.07. The summed E-state index contributed by atoms with van der Waals surface area (Å²) in [4.78, 5) is 8.72. The second kappa shape index (κ2) is 6.09. The number of nitrogens with zero attached hydrogens (tertiary/aromatic N) is 2. The fourth-order valence-electron chi connectivity index (χ4n) is 2.18. The van der Waals surface area contributed by atoms with Crippen LogP contribution in [0, 0.1) is 0 Å². The Morgan fingerprint density at radius 2 is 2.00 bits per heavy atom. The first-order chi connectivity index (χ1) is 9.58. The summed E-state index contributed by atoms with van der Waals surface area (Å²) in [6, 6.07) is 5.66. The molecule has 1 N–H and O–H groups in total. The van der Waals surface area contributed by atoms with Gasteiger partial charge >= 0.3 is 0 Å². The molecular weight excluding hydrogens is 274 g/mol. The Bertz CT molecular complexity index is 614. The molecule has 0 atom stereocenters. The molecule has 2 rings (SSSR count). The molecule has 4 nitrogen and oxygen atoms in total. The number of hydrogen-bond acceptors (Lipinski definition) is 4. The van der Waals surface area contributed by atoms with E-state index in [-0.39, 0.29) is 0 Å². The molecule has 0 aliphatic rings. The lowest BCUT2D eigenvalue weighted by atomic mass is 9.97. The van der Waals surface area contributed by atoms with Gasteiger partial charge in [0.05, 0.1) is 17.8 Å². The zero-order chi connectivity index (χ0) is 14.7. The maximum Gasteiger partial charge on any atom is 0.138 e. The number of benzene rings is 1.